The van der Waals surface area contributed by atoms with Gasteiger partial charge in [-0.3, -0.25) is 19.3 Å². The highest BCUT2D eigenvalue weighted by molar-refractivity contribution is 6.47. The molecule has 1 aliphatic rings. The lowest BCUT2D eigenvalue weighted by Crippen LogP contribution is -2.45. The molecule has 0 spiro atoms. The van der Waals surface area contributed by atoms with Crippen molar-refractivity contribution in [3.05, 3.63) is 52.1 Å². The van der Waals surface area contributed by atoms with Gasteiger partial charge in [-0.25, -0.2) is 4.39 Å². The molecule has 1 aromatic heterocycles. The number of carbonyl (C=O) groups excluding carboxylic acids is 3. The number of primary amides is 1. The number of Topliss-reactive ketones (excluding diaryl/α,β-unsaturated/α-hetero) is 1. The summed E-state index contributed by atoms with van der Waals surface area (Å²) in [6.07, 6.45) is 2.12. The van der Waals surface area contributed by atoms with Gasteiger partial charge in [-0.2, -0.15) is 0 Å². The molecule has 0 saturated carbocycles. The minimum Gasteiger partial charge on any atom is -0.366 e. The average Bonchev–Trinajstić information content (AvgIpc) is 2.86. The zero-order valence-electron chi connectivity index (χ0n) is 19.4. The Kier molecular flexibility index (Phi) is 6.83. The van der Waals surface area contributed by atoms with Crippen LogP contribution in [0.3, 0.4) is 0 Å². The fourth-order valence-electron chi connectivity index (χ4n) is 4.64. The molecule has 0 aliphatic carbocycles. The number of ketones is 1. The molecule has 1 fully saturated rings. The Morgan fingerprint density at radius 1 is 1.09 bits per heavy atom. The number of anilines is 1. The van der Waals surface area contributed by atoms with Crippen molar-refractivity contribution in [3.8, 4) is 0 Å². The van der Waals surface area contributed by atoms with Gasteiger partial charge in [0.1, 0.15) is 5.82 Å². The zero-order valence-corrected chi connectivity index (χ0v) is 19.4. The van der Waals surface area contributed by atoms with Gasteiger partial charge < -0.3 is 15.2 Å². The van der Waals surface area contributed by atoms with E-state index in [-0.39, 0.29) is 23.0 Å². The van der Waals surface area contributed by atoms with E-state index < -0.39 is 23.4 Å². The molecule has 2 amide bonds. The Balaban J connectivity index is 2.10. The minimum absolute atomic E-state index is 0.102. The van der Waals surface area contributed by atoms with Crippen LogP contribution in [0.4, 0.5) is 10.1 Å². The molecular formula is C24H31FN4O3. The number of nitrogens with zero attached hydrogens (tertiary/aromatic N) is 3. The van der Waals surface area contributed by atoms with Crippen LogP contribution in [0, 0.1) is 26.6 Å². The number of amides is 2. The van der Waals surface area contributed by atoms with Crippen LogP contribution in [0.5, 0.6) is 0 Å². The normalized spacial score (nSPS) is 17.1. The first-order valence-corrected chi connectivity index (χ1v) is 10.8. The number of aryl methyl sites for hydroxylation is 1. The molecule has 1 atom stereocenters. The van der Waals surface area contributed by atoms with Crippen molar-refractivity contribution < 1.29 is 18.8 Å². The Morgan fingerprint density at radius 2 is 1.78 bits per heavy atom. The van der Waals surface area contributed by atoms with Crippen molar-refractivity contribution in [2.75, 3.05) is 25.0 Å². The monoisotopic (exact) mass is 442 g/mol. The van der Waals surface area contributed by atoms with Crippen LogP contribution in [-0.2, 0) is 11.8 Å². The van der Waals surface area contributed by atoms with Crippen LogP contribution in [0.1, 0.15) is 56.9 Å². The summed E-state index contributed by atoms with van der Waals surface area (Å²) in [6.45, 7) is 6.53. The van der Waals surface area contributed by atoms with Gasteiger partial charge in [-0.15, -0.1) is 0 Å². The van der Waals surface area contributed by atoms with E-state index in [2.05, 4.69) is 4.90 Å². The first kappa shape index (κ1) is 23.7. The van der Waals surface area contributed by atoms with Crippen LogP contribution < -0.4 is 10.6 Å². The van der Waals surface area contributed by atoms with Gasteiger partial charge in [0.15, 0.2) is 0 Å². The molecule has 0 radical (unpaired) electrons. The van der Waals surface area contributed by atoms with Gasteiger partial charge >= 0.3 is 5.91 Å². The van der Waals surface area contributed by atoms with Gasteiger partial charge in [-0.05, 0) is 77.4 Å². The smallest absolute Gasteiger partial charge is 0.301 e. The zero-order chi connectivity index (χ0) is 23.7. The third-order valence-corrected chi connectivity index (χ3v) is 6.52. The summed E-state index contributed by atoms with van der Waals surface area (Å²) in [6, 6.07) is 4.54. The largest absolute Gasteiger partial charge is 0.366 e. The summed E-state index contributed by atoms with van der Waals surface area (Å²) in [5.74, 6) is -2.75. The number of benzene rings is 1. The van der Waals surface area contributed by atoms with E-state index in [9.17, 15) is 14.4 Å². The van der Waals surface area contributed by atoms with E-state index in [0.717, 1.165) is 19.5 Å². The molecule has 1 aromatic carbocycles. The van der Waals surface area contributed by atoms with Crippen LogP contribution in [-0.4, -0.2) is 53.2 Å². The molecule has 2 heterocycles. The summed E-state index contributed by atoms with van der Waals surface area (Å²) in [5.41, 5.74) is 7.21. The fourth-order valence-corrected chi connectivity index (χ4v) is 4.64. The SMILES string of the molecule is Cc1cccc(N(C(=O)C(=O)c2c(C)c(C(N)=O)c(C)n2C)C2CCCN(C)CC2)c1F. The number of aromatic nitrogens is 1. The lowest BCUT2D eigenvalue weighted by molar-refractivity contribution is -0.115. The molecule has 7 nitrogen and oxygen atoms in total. The second-order valence-corrected chi connectivity index (χ2v) is 8.66. The Bertz CT molecular complexity index is 1080. The van der Waals surface area contributed by atoms with E-state index in [1.165, 1.54) is 9.47 Å². The van der Waals surface area contributed by atoms with Gasteiger partial charge in [0.2, 0.25) is 0 Å². The molecule has 1 aliphatic heterocycles. The van der Waals surface area contributed by atoms with E-state index in [4.69, 9.17) is 5.73 Å². The lowest BCUT2D eigenvalue weighted by Gasteiger charge is -2.31. The molecule has 172 valence electrons. The Labute approximate surface area is 188 Å². The molecule has 3 rings (SSSR count). The number of likely N-dealkylation sites (tertiary alicyclic amines) is 1. The van der Waals surface area contributed by atoms with Gasteiger partial charge in [0.25, 0.3) is 11.7 Å². The van der Waals surface area contributed by atoms with Crippen LogP contribution in [0.25, 0.3) is 0 Å². The lowest BCUT2D eigenvalue weighted by atomic mass is 10.0. The number of carbonyl (C=O) groups is 3. The predicted octanol–water partition coefficient (Wildman–Crippen LogP) is 2.89. The summed E-state index contributed by atoms with van der Waals surface area (Å²) in [7, 11) is 3.63. The maximum absolute atomic E-state index is 15.2. The quantitative estimate of drug-likeness (QED) is 0.570. The van der Waals surface area contributed by atoms with Crippen molar-refractivity contribution in [1.29, 1.82) is 0 Å². The predicted molar refractivity (Wildman–Crippen MR) is 121 cm³/mol. The summed E-state index contributed by atoms with van der Waals surface area (Å²) < 4.78 is 16.7. The summed E-state index contributed by atoms with van der Waals surface area (Å²) >= 11 is 0. The van der Waals surface area contributed by atoms with Crippen molar-refractivity contribution in [3.63, 3.8) is 0 Å². The highest BCUT2D eigenvalue weighted by Gasteiger charge is 2.36. The topological polar surface area (TPSA) is 88.6 Å². The molecule has 32 heavy (non-hydrogen) atoms. The summed E-state index contributed by atoms with van der Waals surface area (Å²) in [4.78, 5) is 42.5. The number of hydrogen-bond acceptors (Lipinski definition) is 4. The van der Waals surface area contributed by atoms with Gasteiger partial charge in [0, 0.05) is 18.8 Å². The Morgan fingerprint density at radius 3 is 2.41 bits per heavy atom. The third kappa shape index (κ3) is 4.19. The molecule has 8 heteroatoms. The maximum atomic E-state index is 15.2. The second kappa shape index (κ2) is 9.24. The molecule has 2 N–H and O–H groups in total. The van der Waals surface area contributed by atoms with E-state index in [1.807, 2.05) is 7.05 Å². The van der Waals surface area contributed by atoms with Gasteiger partial charge in [0.05, 0.1) is 16.9 Å². The summed E-state index contributed by atoms with van der Waals surface area (Å²) in [5, 5.41) is 0. The molecule has 1 saturated heterocycles. The van der Waals surface area contributed by atoms with Crippen molar-refractivity contribution in [2.24, 2.45) is 12.8 Å². The average molecular weight is 443 g/mol. The van der Waals surface area contributed by atoms with Crippen LogP contribution in [0.15, 0.2) is 18.2 Å². The van der Waals surface area contributed by atoms with E-state index >= 15 is 4.39 Å². The maximum Gasteiger partial charge on any atom is 0.301 e. The van der Waals surface area contributed by atoms with Crippen molar-refractivity contribution in [2.45, 2.75) is 46.1 Å². The number of hydrogen-bond donors (Lipinski definition) is 1. The molecular weight excluding hydrogens is 411 g/mol. The highest BCUT2D eigenvalue weighted by atomic mass is 19.1. The highest BCUT2D eigenvalue weighted by Crippen LogP contribution is 2.30. The van der Waals surface area contributed by atoms with Crippen LogP contribution >= 0.6 is 0 Å². The molecule has 2 aromatic rings. The molecule has 1 unspecified atom stereocenters. The molecule has 0 bridgehead atoms. The minimum atomic E-state index is -0.802. The van der Waals surface area contributed by atoms with Crippen molar-refractivity contribution >= 4 is 23.3 Å². The Hall–Kier alpha value is -3.00. The fraction of sp³-hybridized carbons (Fsp3) is 0.458. The number of halogens is 1. The van der Waals surface area contributed by atoms with E-state index in [1.54, 1.807) is 46.0 Å². The van der Waals surface area contributed by atoms with Crippen LogP contribution in [0.2, 0.25) is 0 Å². The first-order valence-electron chi connectivity index (χ1n) is 10.8. The second-order valence-electron chi connectivity index (χ2n) is 8.66. The third-order valence-electron chi connectivity index (χ3n) is 6.52. The van der Waals surface area contributed by atoms with Crippen molar-refractivity contribution in [1.82, 2.24) is 9.47 Å². The van der Waals surface area contributed by atoms with Gasteiger partial charge in [-0.1, -0.05) is 12.1 Å². The van der Waals surface area contributed by atoms with E-state index in [0.29, 0.717) is 29.7 Å². The number of nitrogens with two attached hydrogens (primary N) is 1. The first-order chi connectivity index (χ1) is 15.1. The number of rotatable bonds is 5. The standard InChI is InChI=1S/C24H31FN4O3/c1-14-8-6-10-18(20(14)25)29(17-9-7-12-27(4)13-11-17)24(32)22(30)21-15(2)19(23(26)31)16(3)28(21)5/h6,8,10,17H,7,9,11-13H2,1-5H3,(H2,26,31).